The Morgan fingerprint density at radius 3 is 2.25 bits per heavy atom. The normalized spacial score (nSPS) is 15.2. The number of aromatic hydroxyl groups is 1. The summed E-state index contributed by atoms with van der Waals surface area (Å²) in [5, 5.41) is 38.0. The predicted octanol–water partition coefficient (Wildman–Crippen LogP) is 7.20. The molecule has 1 saturated heterocycles. The predicted molar refractivity (Wildman–Crippen MR) is 268 cm³/mol. The summed E-state index contributed by atoms with van der Waals surface area (Å²) in [5.41, 5.74) is 13.8. The van der Waals surface area contributed by atoms with E-state index in [4.69, 9.17) is 5.73 Å². The van der Waals surface area contributed by atoms with E-state index >= 15 is 0 Å². The number of aliphatic hydroxyl groups is 1. The summed E-state index contributed by atoms with van der Waals surface area (Å²) in [6.45, 7) is 9.18. The van der Waals surface area contributed by atoms with E-state index < -0.39 is 23.6 Å². The molecule has 3 heterocycles. The van der Waals surface area contributed by atoms with Crippen molar-refractivity contribution < 1.29 is 29.4 Å². The summed E-state index contributed by atoms with van der Waals surface area (Å²) in [6, 6.07) is 22.6. The Balaban J connectivity index is 0.837. The largest absolute Gasteiger partial charge is 0.507 e. The minimum absolute atomic E-state index is 0.0259. The maximum Gasteiger partial charge on any atom is 0.251 e. The molecule has 1 fully saturated rings. The summed E-state index contributed by atoms with van der Waals surface area (Å²) in [6.07, 6.45) is 6.77. The van der Waals surface area contributed by atoms with Gasteiger partial charge >= 0.3 is 0 Å². The number of aryl methyl sites for hydroxylation is 1. The molecule has 7 N–H and O–H groups in total. The lowest BCUT2D eigenvalue weighted by Crippen LogP contribution is -2.57. The molecule has 0 unspecified atom stereocenters. The first kappa shape index (κ1) is 51.0. The molecule has 4 amide bonds. The Bertz CT molecular complexity index is 2470. The number of aromatic nitrogens is 3. The molecule has 0 spiro atoms. The molecule has 3 atom stereocenters. The lowest BCUT2D eigenvalue weighted by atomic mass is 9.85. The smallest absolute Gasteiger partial charge is 0.251 e. The number of hydrogen-bond donors (Lipinski definition) is 6. The molecule has 0 saturated carbocycles. The highest BCUT2D eigenvalue weighted by atomic mass is 32.1. The lowest BCUT2D eigenvalue weighted by Gasteiger charge is -2.35. The third kappa shape index (κ3) is 14.1. The van der Waals surface area contributed by atoms with Crippen LogP contribution in [0.1, 0.15) is 106 Å². The Morgan fingerprint density at radius 1 is 0.897 bits per heavy atom. The van der Waals surface area contributed by atoms with Crippen molar-refractivity contribution in [3.05, 3.63) is 107 Å². The number of nitrogens with one attached hydrogen (secondary N) is 3. The zero-order valence-electron chi connectivity index (χ0n) is 40.0. The van der Waals surface area contributed by atoms with Gasteiger partial charge in [0.15, 0.2) is 5.82 Å². The van der Waals surface area contributed by atoms with E-state index in [1.54, 1.807) is 29.5 Å². The summed E-state index contributed by atoms with van der Waals surface area (Å²) in [5.74, 6) is -0.596. The van der Waals surface area contributed by atoms with Gasteiger partial charge < -0.3 is 41.7 Å². The van der Waals surface area contributed by atoms with Gasteiger partial charge in [-0.1, -0.05) is 101 Å². The van der Waals surface area contributed by atoms with E-state index in [-0.39, 0.29) is 48.9 Å². The van der Waals surface area contributed by atoms with Crippen molar-refractivity contribution in [2.45, 2.75) is 117 Å². The van der Waals surface area contributed by atoms with Gasteiger partial charge in [0.2, 0.25) is 17.7 Å². The molecule has 15 nitrogen and oxygen atoms in total. The molecular weight excluding hydrogens is 879 g/mol. The van der Waals surface area contributed by atoms with Gasteiger partial charge in [0, 0.05) is 57.2 Å². The second-order valence-electron chi connectivity index (χ2n) is 18.8. The molecule has 5 aromatic rings. The number of unbranched alkanes of at least 4 members (excludes halogenated alkanes) is 6. The number of nitrogen functional groups attached to an aromatic ring is 1. The van der Waals surface area contributed by atoms with Gasteiger partial charge in [0.1, 0.15) is 17.8 Å². The number of thiazole rings is 1. The van der Waals surface area contributed by atoms with Crippen LogP contribution in [0.25, 0.3) is 21.7 Å². The average Bonchev–Trinajstić information content (AvgIpc) is 3.94. The molecule has 1 aliphatic rings. The van der Waals surface area contributed by atoms with Crippen LogP contribution >= 0.6 is 11.3 Å². The van der Waals surface area contributed by atoms with Crippen molar-refractivity contribution in [2.24, 2.45) is 5.41 Å². The van der Waals surface area contributed by atoms with Crippen LogP contribution < -0.4 is 26.6 Å². The molecule has 2 aromatic heterocycles. The third-order valence-electron chi connectivity index (χ3n) is 12.4. The lowest BCUT2D eigenvalue weighted by molar-refractivity contribution is -0.144. The van der Waals surface area contributed by atoms with Crippen LogP contribution in [-0.4, -0.2) is 98.8 Å². The van der Waals surface area contributed by atoms with Gasteiger partial charge in [0.05, 0.1) is 33.6 Å². The van der Waals surface area contributed by atoms with Gasteiger partial charge in [-0.3, -0.25) is 19.2 Å². The van der Waals surface area contributed by atoms with E-state index in [1.807, 2.05) is 106 Å². The first-order valence-corrected chi connectivity index (χ1v) is 24.5. The highest BCUT2D eigenvalue weighted by molar-refractivity contribution is 7.13. The number of nitrogens with zero attached hydrogens (tertiary/aromatic N) is 5. The second-order valence-corrected chi connectivity index (χ2v) is 19.7. The quantitative estimate of drug-likeness (QED) is 0.0382. The maximum absolute atomic E-state index is 14.0. The monoisotopic (exact) mass is 945 g/mol. The average molecular weight is 946 g/mol. The van der Waals surface area contributed by atoms with Crippen LogP contribution in [0.4, 0.5) is 11.5 Å². The molecule has 0 bridgehead atoms. The van der Waals surface area contributed by atoms with Gasteiger partial charge in [-0.2, -0.15) is 0 Å². The Kier molecular flexibility index (Phi) is 18.0. The third-order valence-corrected chi connectivity index (χ3v) is 13.4. The highest BCUT2D eigenvalue weighted by Crippen LogP contribution is 2.32. The molecule has 362 valence electrons. The molecule has 0 aliphatic carbocycles. The maximum atomic E-state index is 14.0. The van der Waals surface area contributed by atoms with Gasteiger partial charge in [0.25, 0.3) is 5.91 Å². The molecular formula is C52H67N9O6S. The van der Waals surface area contributed by atoms with Crippen molar-refractivity contribution in [3.8, 4) is 27.4 Å². The topological polar surface area (TPSA) is 216 Å². The first-order chi connectivity index (χ1) is 32.6. The van der Waals surface area contributed by atoms with Crippen molar-refractivity contribution in [3.63, 3.8) is 0 Å². The number of anilines is 2. The Morgan fingerprint density at radius 2 is 1.57 bits per heavy atom. The molecule has 3 aromatic carbocycles. The van der Waals surface area contributed by atoms with Gasteiger partial charge in [-0.05, 0) is 78.6 Å². The number of carbonyl (C=O) groups is 4. The number of nitrogens with two attached hydrogens (primary N) is 1. The molecule has 6 rings (SSSR count). The van der Waals surface area contributed by atoms with Crippen molar-refractivity contribution in [1.82, 2.24) is 36.0 Å². The number of phenols is 1. The fourth-order valence-corrected chi connectivity index (χ4v) is 9.18. The number of phenolic OH excluding ortho intramolecular Hbond substituents is 1. The number of rotatable bonds is 22. The number of likely N-dealkylation sites (tertiary alicyclic amines) is 1. The molecule has 68 heavy (non-hydrogen) atoms. The summed E-state index contributed by atoms with van der Waals surface area (Å²) >= 11 is 1.58. The van der Waals surface area contributed by atoms with Crippen molar-refractivity contribution >= 4 is 46.5 Å². The van der Waals surface area contributed by atoms with Crippen LogP contribution in [0, 0.1) is 12.3 Å². The number of likely N-dealkylation sites (N-methyl/N-ethyl adjacent to an activating group) is 1. The molecule has 0 radical (unpaired) electrons. The summed E-state index contributed by atoms with van der Waals surface area (Å²) < 4.78 is 0. The zero-order chi connectivity index (χ0) is 48.8. The number of β-amino-alcohol motifs (C(OH)–C–C–N with tert-alkyl or cyclic N) is 1. The van der Waals surface area contributed by atoms with Crippen LogP contribution in [0.5, 0.6) is 5.75 Å². The van der Waals surface area contributed by atoms with E-state index in [1.165, 1.54) is 4.90 Å². The van der Waals surface area contributed by atoms with Crippen molar-refractivity contribution in [2.75, 3.05) is 37.3 Å². The van der Waals surface area contributed by atoms with Gasteiger partial charge in [-0.15, -0.1) is 21.5 Å². The fourth-order valence-electron chi connectivity index (χ4n) is 8.37. The Hall–Kier alpha value is -6.39. The summed E-state index contributed by atoms with van der Waals surface area (Å²) in [7, 11) is 1.93. The van der Waals surface area contributed by atoms with Crippen molar-refractivity contribution in [1.29, 1.82) is 0 Å². The standard InChI is InChI=1S/C52H67N9O6S/c1-34-46(68-33-56-34)37-22-20-36(21-23-37)31-55-50(66)43-29-39(62)32-61(43)51(67)47(52(2,3)4)57-45(64)17-11-9-7-6-8-10-14-27-54-49(65)38-24-18-35(19-25-38)26-28-60(5)42-30-41(58-59-48(42)53)40-15-12-13-16-44(40)63/h12-13,15-16,18-25,30,33,39,43,47,62-63H,6-11,14,17,26-29,31-32H2,1-5H3,(H2,53,59)(H,54,65)(H,55,66)(H,57,64)/t39-,43+,47-/m1/s1. The van der Waals surface area contributed by atoms with Crippen LogP contribution in [0.15, 0.2) is 84.4 Å². The number of amides is 4. The summed E-state index contributed by atoms with van der Waals surface area (Å²) in [4.78, 5) is 62.3. The number of benzene rings is 3. The van der Waals surface area contributed by atoms with E-state index in [0.29, 0.717) is 54.3 Å². The fraction of sp³-hybridized carbons (Fsp3) is 0.442. The minimum Gasteiger partial charge on any atom is -0.507 e. The second kappa shape index (κ2) is 24.1. The van der Waals surface area contributed by atoms with E-state index in [2.05, 4.69) is 31.1 Å². The molecule has 1 aliphatic heterocycles. The number of carbonyl (C=O) groups excluding carboxylic acids is 4. The van der Waals surface area contributed by atoms with Gasteiger partial charge in [-0.25, -0.2) is 4.98 Å². The van der Waals surface area contributed by atoms with E-state index in [0.717, 1.165) is 72.2 Å². The number of para-hydroxylation sites is 1. The first-order valence-electron chi connectivity index (χ1n) is 23.6. The number of hydrogen-bond acceptors (Lipinski definition) is 12. The van der Waals surface area contributed by atoms with Crippen LogP contribution in [0.2, 0.25) is 0 Å². The highest BCUT2D eigenvalue weighted by Gasteiger charge is 2.44. The van der Waals surface area contributed by atoms with Crippen LogP contribution in [0.3, 0.4) is 0 Å². The zero-order valence-corrected chi connectivity index (χ0v) is 40.8. The van der Waals surface area contributed by atoms with Crippen LogP contribution in [-0.2, 0) is 27.3 Å². The number of aliphatic hydroxyl groups excluding tert-OH is 1. The molecule has 16 heteroatoms. The minimum atomic E-state index is -0.860. The van der Waals surface area contributed by atoms with E-state index in [9.17, 15) is 29.4 Å². The SMILES string of the molecule is Cc1ncsc1-c1ccc(CNC(=O)[C@@H]2C[C@@H](O)CN2C(=O)[C@@H](NC(=O)CCCCCCCCCNC(=O)c2ccc(CCN(C)c3cc(-c4ccccc4O)nnc3N)cc2)C(C)(C)C)cc1. The Labute approximate surface area is 404 Å².